The molecule has 0 radical (unpaired) electrons. The first-order chi connectivity index (χ1) is 6.06. The van der Waals surface area contributed by atoms with E-state index in [4.69, 9.17) is 11.6 Å². The monoisotopic (exact) mass is 333 g/mol. The summed E-state index contributed by atoms with van der Waals surface area (Å²) in [5, 5.41) is 0.323. The van der Waals surface area contributed by atoms with Crippen LogP contribution < -0.4 is 0 Å². The third kappa shape index (κ3) is 2.60. The first-order valence-electron chi connectivity index (χ1n) is 3.25. The fourth-order valence-electron chi connectivity index (χ4n) is 0.763. The van der Waals surface area contributed by atoms with Crippen LogP contribution >= 0.6 is 43.5 Å². The van der Waals surface area contributed by atoms with Crippen molar-refractivity contribution in [1.82, 2.24) is 4.98 Å². The zero-order valence-electron chi connectivity index (χ0n) is 6.20. The van der Waals surface area contributed by atoms with Gasteiger partial charge in [-0.25, -0.2) is 13.8 Å². The van der Waals surface area contributed by atoms with Crippen LogP contribution in [0.5, 0.6) is 0 Å². The number of nitrogens with zero attached hydrogens (tertiary/aromatic N) is 1. The maximum Gasteiger partial charge on any atom is 0.266 e. The van der Waals surface area contributed by atoms with E-state index in [1.165, 1.54) is 6.07 Å². The van der Waals surface area contributed by atoms with Crippen LogP contribution in [0.25, 0.3) is 0 Å². The predicted octanol–water partition coefficient (Wildman–Crippen LogP) is 4.33. The minimum absolute atomic E-state index is 0.146. The molecule has 1 aromatic heterocycles. The summed E-state index contributed by atoms with van der Waals surface area (Å²) >= 11 is 11.8. The largest absolute Gasteiger partial charge is 0.266 e. The number of alkyl halides is 3. The van der Waals surface area contributed by atoms with Crippen molar-refractivity contribution < 1.29 is 8.78 Å². The molecule has 0 aliphatic heterocycles. The van der Waals surface area contributed by atoms with Gasteiger partial charge in [-0.1, -0.05) is 27.5 Å². The number of hydrogen-bond acceptors (Lipinski definition) is 1. The van der Waals surface area contributed by atoms with Crippen LogP contribution in [0.1, 0.15) is 17.7 Å². The number of hydrogen-bond donors (Lipinski definition) is 0. The van der Waals surface area contributed by atoms with Gasteiger partial charge in [0.1, 0.15) is 5.15 Å². The summed E-state index contributed by atoms with van der Waals surface area (Å²) in [6.45, 7) is 0. The lowest BCUT2D eigenvalue weighted by molar-refractivity contribution is 0.151. The van der Waals surface area contributed by atoms with E-state index >= 15 is 0 Å². The summed E-state index contributed by atoms with van der Waals surface area (Å²) in [5.41, 5.74) is 0.354. The average Bonchev–Trinajstić information content (AvgIpc) is 2.07. The quantitative estimate of drug-likeness (QED) is 0.579. The van der Waals surface area contributed by atoms with Crippen molar-refractivity contribution in [3.05, 3.63) is 26.9 Å². The molecule has 0 aliphatic carbocycles. The fraction of sp³-hybridized carbons (Fsp3) is 0.286. The number of halogens is 5. The van der Waals surface area contributed by atoms with E-state index in [2.05, 4.69) is 36.8 Å². The molecule has 1 heterocycles. The van der Waals surface area contributed by atoms with E-state index in [0.717, 1.165) is 0 Å². The van der Waals surface area contributed by atoms with Crippen LogP contribution in [-0.2, 0) is 5.33 Å². The van der Waals surface area contributed by atoms with Crippen LogP contribution in [0, 0.1) is 0 Å². The first kappa shape index (κ1) is 11.3. The van der Waals surface area contributed by atoms with E-state index in [1.807, 2.05) is 0 Å². The molecule has 0 saturated heterocycles. The molecule has 0 amide bonds. The molecule has 0 unspecified atom stereocenters. The molecule has 0 saturated carbocycles. The van der Waals surface area contributed by atoms with Crippen molar-refractivity contribution in [3.63, 3.8) is 0 Å². The molecule has 0 atom stereocenters. The number of rotatable bonds is 2. The Kier molecular flexibility index (Phi) is 4.06. The molecule has 1 nitrogen and oxygen atoms in total. The molecule has 0 fully saturated rings. The van der Waals surface area contributed by atoms with E-state index in [9.17, 15) is 8.78 Å². The Morgan fingerprint density at radius 1 is 1.54 bits per heavy atom. The molecule has 0 aliphatic rings. The van der Waals surface area contributed by atoms with Gasteiger partial charge in [-0.05, 0) is 22.0 Å². The Morgan fingerprint density at radius 2 is 2.15 bits per heavy atom. The third-order valence-electron chi connectivity index (χ3n) is 1.39. The minimum Gasteiger partial charge on any atom is -0.239 e. The van der Waals surface area contributed by atoms with Gasteiger partial charge >= 0.3 is 0 Å². The highest BCUT2D eigenvalue weighted by Gasteiger charge is 2.15. The van der Waals surface area contributed by atoms with E-state index in [-0.39, 0.29) is 10.7 Å². The van der Waals surface area contributed by atoms with E-state index < -0.39 is 6.43 Å². The summed E-state index contributed by atoms with van der Waals surface area (Å²) in [4.78, 5) is 3.80. The molecule has 0 spiro atoms. The standard InChI is InChI=1S/C7H4Br2ClF2N/c8-2-5-4(9)1-3(7(11)12)6(10)13-5/h1,7H,2H2. The Balaban J connectivity index is 3.20. The molecule has 1 rings (SSSR count). The molecule has 1 aromatic rings. The van der Waals surface area contributed by atoms with Crippen molar-refractivity contribution in [3.8, 4) is 0 Å². The van der Waals surface area contributed by atoms with Gasteiger partial charge in [0, 0.05) is 9.80 Å². The van der Waals surface area contributed by atoms with Gasteiger partial charge in [-0.3, -0.25) is 0 Å². The molecule has 0 N–H and O–H groups in total. The zero-order valence-corrected chi connectivity index (χ0v) is 10.1. The van der Waals surface area contributed by atoms with Crippen LogP contribution in [0.3, 0.4) is 0 Å². The molecule has 72 valence electrons. The normalized spacial score (nSPS) is 10.9. The Labute approximate surface area is 95.8 Å². The smallest absolute Gasteiger partial charge is 0.239 e. The summed E-state index contributed by atoms with van der Waals surface area (Å²) in [6.07, 6.45) is -2.60. The average molecular weight is 335 g/mol. The van der Waals surface area contributed by atoms with E-state index in [1.54, 1.807) is 0 Å². The zero-order chi connectivity index (χ0) is 10.0. The lowest BCUT2D eigenvalue weighted by Gasteiger charge is -2.05. The second-order valence-electron chi connectivity index (χ2n) is 2.23. The molecule has 13 heavy (non-hydrogen) atoms. The molecule has 0 bridgehead atoms. The third-order valence-corrected chi connectivity index (χ3v) is 2.91. The highest BCUT2D eigenvalue weighted by Crippen LogP contribution is 2.30. The molecule has 0 aromatic carbocycles. The van der Waals surface area contributed by atoms with Crippen LogP contribution in [0.15, 0.2) is 10.5 Å². The van der Waals surface area contributed by atoms with Crippen molar-refractivity contribution in [2.45, 2.75) is 11.8 Å². The van der Waals surface area contributed by atoms with Gasteiger partial charge in [0.15, 0.2) is 0 Å². The highest BCUT2D eigenvalue weighted by atomic mass is 79.9. The van der Waals surface area contributed by atoms with Crippen LogP contribution in [0.4, 0.5) is 8.78 Å². The van der Waals surface area contributed by atoms with Crippen LogP contribution in [-0.4, -0.2) is 4.98 Å². The second kappa shape index (κ2) is 4.66. The number of aromatic nitrogens is 1. The maximum atomic E-state index is 12.3. The first-order valence-corrected chi connectivity index (χ1v) is 5.54. The lowest BCUT2D eigenvalue weighted by atomic mass is 10.2. The van der Waals surface area contributed by atoms with Gasteiger partial charge in [-0.2, -0.15) is 0 Å². The van der Waals surface area contributed by atoms with Crippen LogP contribution in [0.2, 0.25) is 5.15 Å². The summed E-state index contributed by atoms with van der Waals surface area (Å²) in [5.74, 6) is 0. The maximum absolute atomic E-state index is 12.3. The molecule has 6 heteroatoms. The van der Waals surface area contributed by atoms with Crippen molar-refractivity contribution in [2.24, 2.45) is 0 Å². The van der Waals surface area contributed by atoms with Crippen molar-refractivity contribution >= 4 is 43.5 Å². The molecular formula is C7H4Br2ClF2N. The summed E-state index contributed by atoms with van der Waals surface area (Å²) in [7, 11) is 0. The second-order valence-corrected chi connectivity index (χ2v) is 4.00. The predicted molar refractivity (Wildman–Crippen MR) is 54.5 cm³/mol. The van der Waals surface area contributed by atoms with Crippen molar-refractivity contribution in [2.75, 3.05) is 0 Å². The number of pyridine rings is 1. The van der Waals surface area contributed by atoms with Crippen molar-refractivity contribution in [1.29, 1.82) is 0 Å². The Hall–Kier alpha value is 0.260. The minimum atomic E-state index is -2.60. The Morgan fingerprint density at radius 3 is 2.62 bits per heavy atom. The van der Waals surface area contributed by atoms with Gasteiger partial charge in [-0.15, -0.1) is 0 Å². The van der Waals surface area contributed by atoms with Gasteiger partial charge in [0.05, 0.1) is 11.3 Å². The lowest BCUT2D eigenvalue weighted by Crippen LogP contribution is -1.94. The summed E-state index contributed by atoms with van der Waals surface area (Å²) in [6, 6.07) is 1.29. The fourth-order valence-corrected chi connectivity index (χ4v) is 2.28. The SMILES string of the molecule is FC(F)c1cc(Br)c(CBr)nc1Cl. The summed E-state index contributed by atoms with van der Waals surface area (Å²) < 4.78 is 25.1. The Bertz CT molecular complexity index is 320. The van der Waals surface area contributed by atoms with E-state index in [0.29, 0.717) is 15.5 Å². The van der Waals surface area contributed by atoms with Gasteiger partial charge in [0.2, 0.25) is 0 Å². The molecular weight excluding hydrogens is 331 g/mol. The van der Waals surface area contributed by atoms with Gasteiger partial charge in [0.25, 0.3) is 6.43 Å². The van der Waals surface area contributed by atoms with Gasteiger partial charge < -0.3 is 0 Å². The highest BCUT2D eigenvalue weighted by molar-refractivity contribution is 9.10. The topological polar surface area (TPSA) is 12.9 Å².